The van der Waals surface area contributed by atoms with E-state index in [0.29, 0.717) is 31.1 Å². The molecule has 7 nitrogen and oxygen atoms in total. The lowest BCUT2D eigenvalue weighted by Crippen LogP contribution is -2.47. The lowest BCUT2D eigenvalue weighted by molar-refractivity contribution is -0.138. The Bertz CT molecular complexity index is 816. The molecule has 1 aliphatic rings. The average Bonchev–Trinajstić information content (AvgIpc) is 2.65. The number of morpholine rings is 1. The highest BCUT2D eigenvalue weighted by Crippen LogP contribution is 2.16. The van der Waals surface area contributed by atoms with E-state index in [-0.39, 0.29) is 24.0 Å². The van der Waals surface area contributed by atoms with Gasteiger partial charge in [0.1, 0.15) is 11.6 Å². The summed E-state index contributed by atoms with van der Waals surface area (Å²) in [5.74, 6) is 1.27. The largest absolute Gasteiger partial charge is 0.497 e. The number of amides is 1. The first-order valence-electron chi connectivity index (χ1n) is 8.62. The SMILES string of the molecule is COc1ccc(C[C@H]2CN(C(=O)Cc3cnc(C)[nH]c3=O)CCO2)cc1. The van der Waals surface area contributed by atoms with Crippen LogP contribution in [0.1, 0.15) is 17.0 Å². The van der Waals surface area contributed by atoms with Crippen molar-refractivity contribution in [1.82, 2.24) is 14.9 Å². The van der Waals surface area contributed by atoms with Gasteiger partial charge in [-0.05, 0) is 24.6 Å². The van der Waals surface area contributed by atoms with Crippen LogP contribution in [0.25, 0.3) is 0 Å². The van der Waals surface area contributed by atoms with Crippen LogP contribution in [0.15, 0.2) is 35.3 Å². The van der Waals surface area contributed by atoms with Gasteiger partial charge in [0, 0.05) is 31.3 Å². The maximum atomic E-state index is 12.6. The molecule has 0 radical (unpaired) electrons. The quantitative estimate of drug-likeness (QED) is 0.866. The highest BCUT2D eigenvalue weighted by Gasteiger charge is 2.25. The second-order valence-electron chi connectivity index (χ2n) is 6.38. The number of nitrogens with zero attached hydrogens (tertiary/aromatic N) is 2. The number of carbonyl (C=O) groups excluding carboxylic acids is 1. The van der Waals surface area contributed by atoms with Crippen LogP contribution in [0.3, 0.4) is 0 Å². The Morgan fingerprint density at radius 3 is 2.85 bits per heavy atom. The van der Waals surface area contributed by atoms with Crippen LogP contribution in [0, 0.1) is 6.92 Å². The van der Waals surface area contributed by atoms with Crippen LogP contribution in [-0.2, 0) is 22.4 Å². The molecule has 1 aromatic carbocycles. The lowest BCUT2D eigenvalue weighted by Gasteiger charge is -2.33. The number of aromatic nitrogens is 2. The number of carbonyl (C=O) groups is 1. The van der Waals surface area contributed by atoms with Gasteiger partial charge in [0.25, 0.3) is 5.56 Å². The summed E-state index contributed by atoms with van der Waals surface area (Å²) in [6, 6.07) is 7.83. The minimum atomic E-state index is -0.256. The van der Waals surface area contributed by atoms with Crippen molar-refractivity contribution in [2.75, 3.05) is 26.8 Å². The fraction of sp³-hybridized carbons (Fsp3) is 0.421. The van der Waals surface area contributed by atoms with Crippen LogP contribution < -0.4 is 10.3 Å². The number of H-pyrrole nitrogens is 1. The maximum Gasteiger partial charge on any atom is 0.254 e. The van der Waals surface area contributed by atoms with Gasteiger partial charge in [-0.1, -0.05) is 12.1 Å². The Labute approximate surface area is 152 Å². The van der Waals surface area contributed by atoms with Gasteiger partial charge in [-0.15, -0.1) is 0 Å². The predicted octanol–water partition coefficient (Wildman–Crippen LogP) is 1.10. The summed E-state index contributed by atoms with van der Waals surface area (Å²) in [4.78, 5) is 32.9. The van der Waals surface area contributed by atoms with E-state index in [9.17, 15) is 9.59 Å². The van der Waals surface area contributed by atoms with Gasteiger partial charge < -0.3 is 19.4 Å². The molecule has 1 fully saturated rings. The molecule has 1 aliphatic heterocycles. The summed E-state index contributed by atoms with van der Waals surface area (Å²) >= 11 is 0. The van der Waals surface area contributed by atoms with Gasteiger partial charge in [-0.3, -0.25) is 9.59 Å². The van der Waals surface area contributed by atoms with E-state index in [2.05, 4.69) is 9.97 Å². The number of aromatic amines is 1. The Morgan fingerprint density at radius 2 is 2.15 bits per heavy atom. The van der Waals surface area contributed by atoms with E-state index >= 15 is 0 Å². The van der Waals surface area contributed by atoms with Crippen LogP contribution >= 0.6 is 0 Å². The van der Waals surface area contributed by atoms with Crippen molar-refractivity contribution in [1.29, 1.82) is 0 Å². The Kier molecular flexibility index (Phi) is 5.68. The van der Waals surface area contributed by atoms with Crippen LogP contribution in [0.4, 0.5) is 0 Å². The topological polar surface area (TPSA) is 84.5 Å². The highest BCUT2D eigenvalue weighted by atomic mass is 16.5. The van der Waals surface area contributed by atoms with Crippen molar-refractivity contribution >= 4 is 5.91 Å². The summed E-state index contributed by atoms with van der Waals surface area (Å²) in [6.07, 6.45) is 2.19. The first-order valence-corrected chi connectivity index (χ1v) is 8.62. The highest BCUT2D eigenvalue weighted by molar-refractivity contribution is 5.78. The minimum Gasteiger partial charge on any atom is -0.497 e. The molecule has 0 saturated carbocycles. The summed E-state index contributed by atoms with van der Waals surface area (Å²) < 4.78 is 11.0. The molecule has 3 rings (SSSR count). The zero-order chi connectivity index (χ0) is 18.5. The van der Waals surface area contributed by atoms with E-state index in [1.807, 2.05) is 24.3 Å². The molecule has 0 aliphatic carbocycles. The van der Waals surface area contributed by atoms with Crippen molar-refractivity contribution < 1.29 is 14.3 Å². The normalized spacial score (nSPS) is 17.2. The number of ether oxygens (including phenoxy) is 2. The molecule has 0 bridgehead atoms. The molecule has 26 heavy (non-hydrogen) atoms. The molecule has 1 saturated heterocycles. The molecule has 1 amide bonds. The monoisotopic (exact) mass is 357 g/mol. The van der Waals surface area contributed by atoms with Crippen LogP contribution in [0.5, 0.6) is 5.75 Å². The van der Waals surface area contributed by atoms with Crippen molar-refractivity contribution in [3.63, 3.8) is 0 Å². The third-order valence-electron chi connectivity index (χ3n) is 4.46. The number of nitrogens with one attached hydrogen (secondary N) is 1. The van der Waals surface area contributed by atoms with Crippen LogP contribution in [-0.4, -0.2) is 53.7 Å². The second kappa shape index (κ2) is 8.14. The second-order valence-corrected chi connectivity index (χ2v) is 6.38. The number of methoxy groups -OCH3 is 1. The Balaban J connectivity index is 1.60. The fourth-order valence-electron chi connectivity index (χ4n) is 3.00. The first kappa shape index (κ1) is 18.1. The molecule has 1 aromatic heterocycles. The number of hydrogen-bond donors (Lipinski definition) is 1. The van der Waals surface area contributed by atoms with E-state index < -0.39 is 0 Å². The van der Waals surface area contributed by atoms with Gasteiger partial charge >= 0.3 is 0 Å². The molecule has 1 atom stereocenters. The van der Waals surface area contributed by atoms with Crippen molar-refractivity contribution in [3.8, 4) is 5.75 Å². The summed E-state index contributed by atoms with van der Waals surface area (Å²) in [6.45, 7) is 3.25. The molecule has 138 valence electrons. The van der Waals surface area contributed by atoms with E-state index in [4.69, 9.17) is 9.47 Å². The summed E-state index contributed by atoms with van der Waals surface area (Å²) in [5, 5.41) is 0. The number of benzene rings is 1. The molecular formula is C19H23N3O4. The van der Waals surface area contributed by atoms with Gasteiger partial charge in [-0.2, -0.15) is 0 Å². The zero-order valence-electron chi connectivity index (χ0n) is 15.0. The molecule has 1 N–H and O–H groups in total. The van der Waals surface area contributed by atoms with Crippen LogP contribution in [0.2, 0.25) is 0 Å². The average molecular weight is 357 g/mol. The molecule has 2 aromatic rings. The van der Waals surface area contributed by atoms with Crippen molar-refractivity contribution in [3.05, 3.63) is 57.8 Å². The standard InChI is InChI=1S/C19H23N3O4/c1-13-20-11-15(19(24)21-13)10-18(23)22-7-8-26-17(12-22)9-14-3-5-16(25-2)6-4-14/h3-6,11,17H,7-10,12H2,1-2H3,(H,20,21,24)/t17-/m0/s1. The van der Waals surface area contributed by atoms with E-state index in [1.54, 1.807) is 18.9 Å². The summed E-state index contributed by atoms with van der Waals surface area (Å²) in [7, 11) is 1.64. The number of hydrogen-bond acceptors (Lipinski definition) is 5. The van der Waals surface area contributed by atoms with Gasteiger partial charge in [0.15, 0.2) is 0 Å². The fourth-order valence-corrected chi connectivity index (χ4v) is 3.00. The smallest absolute Gasteiger partial charge is 0.254 e. The third-order valence-corrected chi connectivity index (χ3v) is 4.46. The van der Waals surface area contributed by atoms with Gasteiger partial charge in [-0.25, -0.2) is 4.98 Å². The molecular weight excluding hydrogens is 334 g/mol. The molecule has 2 heterocycles. The Hall–Kier alpha value is -2.67. The number of aryl methyl sites for hydroxylation is 1. The van der Waals surface area contributed by atoms with E-state index in [1.165, 1.54) is 6.20 Å². The van der Waals surface area contributed by atoms with Crippen molar-refractivity contribution in [2.24, 2.45) is 0 Å². The molecule has 0 spiro atoms. The van der Waals surface area contributed by atoms with E-state index in [0.717, 1.165) is 17.7 Å². The molecule has 7 heteroatoms. The first-order chi connectivity index (χ1) is 12.5. The minimum absolute atomic E-state index is 0.0534. The summed E-state index contributed by atoms with van der Waals surface area (Å²) in [5.41, 5.74) is 1.26. The van der Waals surface area contributed by atoms with Crippen molar-refractivity contribution in [2.45, 2.75) is 25.9 Å². The molecule has 0 unspecified atom stereocenters. The Morgan fingerprint density at radius 1 is 1.38 bits per heavy atom. The zero-order valence-corrected chi connectivity index (χ0v) is 15.0. The number of rotatable bonds is 5. The predicted molar refractivity (Wildman–Crippen MR) is 96.3 cm³/mol. The lowest BCUT2D eigenvalue weighted by atomic mass is 10.1. The van der Waals surface area contributed by atoms with Gasteiger partial charge in [0.05, 0.1) is 26.2 Å². The third kappa shape index (κ3) is 4.49. The van der Waals surface area contributed by atoms with Gasteiger partial charge in [0.2, 0.25) is 5.91 Å². The maximum absolute atomic E-state index is 12.6.